The first kappa shape index (κ1) is 15.8. The van der Waals surface area contributed by atoms with Crippen molar-refractivity contribution in [2.75, 3.05) is 5.32 Å². The maximum Gasteiger partial charge on any atom is 0.258 e. The van der Waals surface area contributed by atoms with Crippen molar-refractivity contribution < 1.29 is 13.2 Å². The average molecular weight is 352 g/mol. The lowest BCUT2D eigenvalue weighted by Crippen LogP contribution is -2.53. The number of anilines is 1. The normalized spacial score (nSPS) is 18.6. The van der Waals surface area contributed by atoms with Crippen molar-refractivity contribution in [3.8, 4) is 0 Å². The van der Waals surface area contributed by atoms with Gasteiger partial charge in [-0.2, -0.15) is 4.72 Å². The summed E-state index contributed by atoms with van der Waals surface area (Å²) >= 11 is 6.03. The Labute approximate surface area is 138 Å². The van der Waals surface area contributed by atoms with Crippen LogP contribution in [0, 0.1) is 0 Å². The van der Waals surface area contributed by atoms with Gasteiger partial charge in [0.2, 0.25) is 10.0 Å². The lowest BCUT2D eigenvalue weighted by Gasteiger charge is -2.27. The molecule has 1 heterocycles. The summed E-state index contributed by atoms with van der Waals surface area (Å²) in [5.41, 5.74) is 1.14. The number of para-hydroxylation sites is 1. The van der Waals surface area contributed by atoms with Gasteiger partial charge in [-0.15, -0.1) is 0 Å². The monoisotopic (exact) mass is 351 g/mol. The minimum absolute atomic E-state index is 0.121. The Morgan fingerprint density at radius 2 is 1.83 bits per heavy atom. The molecule has 2 aromatic carbocycles. The topological polar surface area (TPSA) is 87.3 Å². The van der Waals surface area contributed by atoms with Crippen molar-refractivity contribution in [1.82, 2.24) is 10.0 Å². The molecule has 3 rings (SSSR count). The third kappa shape index (κ3) is 3.31. The van der Waals surface area contributed by atoms with Gasteiger partial charge in [0.1, 0.15) is 4.90 Å². The van der Waals surface area contributed by atoms with E-state index in [0.717, 1.165) is 5.56 Å². The smallest absolute Gasteiger partial charge is 0.258 e. The molecule has 2 aromatic rings. The van der Waals surface area contributed by atoms with E-state index in [2.05, 4.69) is 15.4 Å². The number of hydrogen-bond acceptors (Lipinski definition) is 4. The van der Waals surface area contributed by atoms with E-state index in [-0.39, 0.29) is 11.4 Å². The van der Waals surface area contributed by atoms with E-state index in [1.54, 1.807) is 36.4 Å². The van der Waals surface area contributed by atoms with E-state index in [9.17, 15) is 13.2 Å². The van der Waals surface area contributed by atoms with E-state index in [1.807, 2.05) is 6.07 Å². The highest BCUT2D eigenvalue weighted by Gasteiger charge is 2.32. The largest absolute Gasteiger partial charge is 0.360 e. The van der Waals surface area contributed by atoms with Crippen LogP contribution in [0.5, 0.6) is 0 Å². The quantitative estimate of drug-likeness (QED) is 0.785. The number of benzene rings is 2. The van der Waals surface area contributed by atoms with E-state index in [1.165, 1.54) is 6.07 Å². The molecule has 0 bridgehead atoms. The predicted octanol–water partition coefficient (Wildman–Crippen LogP) is 1.69. The van der Waals surface area contributed by atoms with Gasteiger partial charge >= 0.3 is 0 Å². The zero-order valence-electron chi connectivity index (χ0n) is 11.9. The number of nitrogens with one attached hydrogen (secondary N) is 3. The second-order valence-corrected chi connectivity index (χ2v) is 7.09. The van der Waals surface area contributed by atoms with E-state index < -0.39 is 22.1 Å². The van der Waals surface area contributed by atoms with Crippen LogP contribution in [0.15, 0.2) is 53.4 Å². The maximum absolute atomic E-state index is 12.2. The Morgan fingerprint density at radius 1 is 1.13 bits per heavy atom. The van der Waals surface area contributed by atoms with E-state index in [4.69, 9.17) is 11.6 Å². The molecule has 3 N–H and O–H groups in total. The minimum Gasteiger partial charge on any atom is -0.360 e. The number of rotatable bonds is 3. The lowest BCUT2D eigenvalue weighted by molar-refractivity contribution is -0.122. The third-order valence-corrected chi connectivity index (χ3v) is 5.27. The van der Waals surface area contributed by atoms with Gasteiger partial charge in [-0.3, -0.25) is 4.79 Å². The number of fused-ring (bicyclic) bond motifs is 1. The summed E-state index contributed by atoms with van der Waals surface area (Å²) in [7, 11) is -3.73. The number of sulfonamides is 1. The number of carbonyl (C=O) groups is 1. The molecule has 1 aliphatic rings. The van der Waals surface area contributed by atoms with Crippen LogP contribution >= 0.6 is 11.6 Å². The van der Waals surface area contributed by atoms with E-state index in [0.29, 0.717) is 10.7 Å². The van der Waals surface area contributed by atoms with Gasteiger partial charge in [-0.25, -0.2) is 8.42 Å². The Morgan fingerprint density at radius 3 is 2.61 bits per heavy atom. The second kappa shape index (κ2) is 6.19. The van der Waals surface area contributed by atoms with Crippen LogP contribution < -0.4 is 15.4 Å². The van der Waals surface area contributed by atoms with Crippen LogP contribution in [-0.2, 0) is 21.4 Å². The molecule has 0 spiro atoms. The SMILES string of the molecule is O=C(NCc1ccccc1Cl)[C@H]1Nc2ccccc2S(=O)(=O)N1. The highest BCUT2D eigenvalue weighted by Crippen LogP contribution is 2.25. The van der Waals surface area contributed by atoms with Crippen LogP contribution in [-0.4, -0.2) is 20.5 Å². The lowest BCUT2D eigenvalue weighted by atomic mass is 10.2. The summed E-state index contributed by atoms with van der Waals surface area (Å²) in [4.78, 5) is 12.4. The van der Waals surface area contributed by atoms with Gasteiger partial charge in [0.25, 0.3) is 5.91 Å². The Bertz CT molecular complexity index is 855. The zero-order valence-corrected chi connectivity index (χ0v) is 13.5. The van der Waals surface area contributed by atoms with Crippen molar-refractivity contribution in [3.05, 3.63) is 59.1 Å². The zero-order chi connectivity index (χ0) is 16.4. The van der Waals surface area contributed by atoms with Crippen LogP contribution in [0.1, 0.15) is 5.56 Å². The number of amides is 1. The fraction of sp³-hybridized carbons (Fsp3) is 0.133. The first-order valence-electron chi connectivity index (χ1n) is 6.86. The molecular weight excluding hydrogens is 338 g/mol. The highest BCUT2D eigenvalue weighted by molar-refractivity contribution is 7.89. The molecule has 1 amide bonds. The van der Waals surface area contributed by atoms with Gasteiger partial charge < -0.3 is 10.6 Å². The average Bonchev–Trinajstić information content (AvgIpc) is 2.53. The number of carbonyl (C=O) groups excluding carboxylic acids is 1. The molecule has 0 fully saturated rings. The van der Waals surface area contributed by atoms with Gasteiger partial charge in [0.15, 0.2) is 6.17 Å². The fourth-order valence-electron chi connectivity index (χ4n) is 2.27. The molecule has 1 atom stereocenters. The summed E-state index contributed by atoms with van der Waals surface area (Å²) in [6.07, 6.45) is -1.07. The van der Waals surface area contributed by atoms with E-state index >= 15 is 0 Å². The third-order valence-electron chi connectivity index (χ3n) is 3.42. The van der Waals surface area contributed by atoms with Crippen molar-refractivity contribution >= 4 is 33.2 Å². The Hall–Kier alpha value is -2.09. The molecule has 0 saturated carbocycles. The minimum atomic E-state index is -3.73. The predicted molar refractivity (Wildman–Crippen MR) is 87.5 cm³/mol. The van der Waals surface area contributed by atoms with Crippen LogP contribution in [0.3, 0.4) is 0 Å². The summed E-state index contributed by atoms with van der Waals surface area (Å²) in [5, 5.41) is 6.07. The molecule has 8 heteroatoms. The van der Waals surface area contributed by atoms with Gasteiger partial charge in [-0.05, 0) is 23.8 Å². The molecule has 0 radical (unpaired) electrons. The maximum atomic E-state index is 12.2. The molecule has 120 valence electrons. The van der Waals surface area contributed by atoms with Crippen molar-refractivity contribution in [3.63, 3.8) is 0 Å². The first-order chi connectivity index (χ1) is 11.0. The van der Waals surface area contributed by atoms with Crippen molar-refractivity contribution in [1.29, 1.82) is 0 Å². The number of halogens is 1. The fourth-order valence-corrected chi connectivity index (χ4v) is 3.75. The van der Waals surface area contributed by atoms with Gasteiger partial charge in [0.05, 0.1) is 5.69 Å². The second-order valence-electron chi connectivity index (χ2n) is 5.00. The Kier molecular flexibility index (Phi) is 4.25. The summed E-state index contributed by atoms with van der Waals surface area (Å²) < 4.78 is 26.6. The molecule has 0 saturated heterocycles. The molecule has 0 aromatic heterocycles. The Balaban J connectivity index is 1.73. The van der Waals surface area contributed by atoms with Crippen LogP contribution in [0.2, 0.25) is 5.02 Å². The summed E-state index contributed by atoms with van der Waals surface area (Å²) in [6.45, 7) is 0.208. The van der Waals surface area contributed by atoms with Gasteiger partial charge in [-0.1, -0.05) is 41.9 Å². The van der Waals surface area contributed by atoms with Crippen molar-refractivity contribution in [2.45, 2.75) is 17.6 Å². The standard InChI is InChI=1S/C15H14ClN3O3S/c16-11-6-2-1-5-10(11)9-17-15(20)14-18-12-7-3-4-8-13(12)23(21,22)19-14/h1-8,14,18-19H,9H2,(H,17,20)/t14-/m0/s1. The van der Waals surface area contributed by atoms with Crippen LogP contribution in [0.25, 0.3) is 0 Å². The van der Waals surface area contributed by atoms with Crippen LogP contribution in [0.4, 0.5) is 5.69 Å². The molecule has 1 aliphatic heterocycles. The first-order valence-corrected chi connectivity index (χ1v) is 8.72. The molecule has 23 heavy (non-hydrogen) atoms. The summed E-state index contributed by atoms with van der Waals surface area (Å²) in [5.74, 6) is -0.483. The van der Waals surface area contributed by atoms with Crippen molar-refractivity contribution in [2.24, 2.45) is 0 Å². The number of hydrogen-bond donors (Lipinski definition) is 3. The summed E-state index contributed by atoms with van der Waals surface area (Å²) in [6, 6.07) is 13.5. The molecule has 0 unspecified atom stereocenters. The molecular formula is C15H14ClN3O3S. The highest BCUT2D eigenvalue weighted by atomic mass is 35.5. The van der Waals surface area contributed by atoms with Gasteiger partial charge in [0, 0.05) is 11.6 Å². The molecule has 6 nitrogen and oxygen atoms in total. The molecule has 0 aliphatic carbocycles.